The van der Waals surface area contributed by atoms with E-state index in [1.165, 1.54) is 7.11 Å². The lowest BCUT2D eigenvalue weighted by atomic mass is 10.1. The number of hydrogen-bond donors (Lipinski definition) is 1. The minimum atomic E-state index is -3.51. The number of hydrogen-bond acceptors (Lipinski definition) is 8. The number of nitrogen functional groups attached to an aromatic ring is 1. The SMILES string of the molecule is CCCCc1nc2c(N)nc3ccccc3c2n1CCCN(Cc1ccc(CC(=O)OC)cc1)C(=O)CS(C)(=O)=O. The van der Waals surface area contributed by atoms with Crippen LogP contribution in [0.3, 0.4) is 0 Å². The number of para-hydroxylation sites is 1. The van der Waals surface area contributed by atoms with Gasteiger partial charge in [0, 0.05) is 37.7 Å². The minimum Gasteiger partial charge on any atom is -0.469 e. The maximum atomic E-state index is 13.1. The number of nitrogens with zero attached hydrogens (tertiary/aromatic N) is 4. The number of methoxy groups -OCH3 is 1. The second-order valence-electron chi connectivity index (χ2n) is 10.3. The van der Waals surface area contributed by atoms with Crippen LogP contribution >= 0.6 is 0 Å². The van der Waals surface area contributed by atoms with Crippen molar-refractivity contribution in [3.63, 3.8) is 0 Å². The van der Waals surface area contributed by atoms with E-state index in [0.717, 1.165) is 58.9 Å². The first-order chi connectivity index (χ1) is 19.6. The third kappa shape index (κ3) is 7.60. The number of fused-ring (bicyclic) bond motifs is 3. The Morgan fingerprint density at radius 3 is 2.41 bits per heavy atom. The van der Waals surface area contributed by atoms with Crippen LogP contribution in [0, 0.1) is 0 Å². The number of ether oxygens (including phenoxy) is 1. The number of pyridine rings is 1. The molecule has 0 saturated heterocycles. The molecule has 0 aliphatic rings. The molecule has 2 heterocycles. The molecule has 4 aromatic rings. The van der Waals surface area contributed by atoms with Gasteiger partial charge < -0.3 is 19.9 Å². The molecular weight excluding hydrogens is 542 g/mol. The molecule has 0 radical (unpaired) electrons. The maximum Gasteiger partial charge on any atom is 0.309 e. The highest BCUT2D eigenvalue weighted by molar-refractivity contribution is 7.91. The van der Waals surface area contributed by atoms with Crippen molar-refractivity contribution in [2.45, 2.75) is 52.1 Å². The predicted molar refractivity (Wildman–Crippen MR) is 160 cm³/mol. The van der Waals surface area contributed by atoms with Gasteiger partial charge in [-0.3, -0.25) is 9.59 Å². The van der Waals surface area contributed by atoms with Crippen LogP contribution in [-0.2, 0) is 50.1 Å². The largest absolute Gasteiger partial charge is 0.469 e. The first-order valence-electron chi connectivity index (χ1n) is 13.7. The number of imidazole rings is 1. The van der Waals surface area contributed by atoms with Crippen molar-refractivity contribution in [1.29, 1.82) is 0 Å². The molecule has 2 aromatic carbocycles. The van der Waals surface area contributed by atoms with Gasteiger partial charge in [-0.05, 0) is 30.0 Å². The molecule has 10 nitrogen and oxygen atoms in total. The van der Waals surface area contributed by atoms with Crippen LogP contribution in [0.15, 0.2) is 48.5 Å². The van der Waals surface area contributed by atoms with E-state index >= 15 is 0 Å². The summed E-state index contributed by atoms with van der Waals surface area (Å²) in [7, 11) is -2.16. The zero-order valence-corrected chi connectivity index (χ0v) is 24.6. The van der Waals surface area contributed by atoms with Gasteiger partial charge in [0.25, 0.3) is 0 Å². The van der Waals surface area contributed by atoms with Crippen LogP contribution < -0.4 is 5.73 Å². The van der Waals surface area contributed by atoms with Crippen molar-refractivity contribution in [3.8, 4) is 0 Å². The number of aromatic nitrogens is 3. The van der Waals surface area contributed by atoms with Crippen molar-refractivity contribution in [1.82, 2.24) is 19.4 Å². The summed E-state index contributed by atoms with van der Waals surface area (Å²) < 4.78 is 30.8. The van der Waals surface area contributed by atoms with E-state index in [9.17, 15) is 18.0 Å². The van der Waals surface area contributed by atoms with Gasteiger partial charge in [-0.25, -0.2) is 18.4 Å². The van der Waals surface area contributed by atoms with E-state index in [1.54, 1.807) is 4.90 Å². The lowest BCUT2D eigenvalue weighted by Crippen LogP contribution is -2.36. The van der Waals surface area contributed by atoms with Crippen LogP contribution in [0.2, 0.25) is 0 Å². The Balaban J connectivity index is 1.59. The van der Waals surface area contributed by atoms with Crippen molar-refractivity contribution in [3.05, 3.63) is 65.5 Å². The van der Waals surface area contributed by atoms with E-state index in [2.05, 4.69) is 16.5 Å². The molecule has 0 atom stereocenters. The number of sulfone groups is 1. The lowest BCUT2D eigenvalue weighted by Gasteiger charge is -2.23. The molecule has 0 aliphatic carbocycles. The Labute approximate surface area is 240 Å². The second-order valence-corrected chi connectivity index (χ2v) is 12.4. The fourth-order valence-corrected chi connectivity index (χ4v) is 5.55. The first-order valence-corrected chi connectivity index (χ1v) is 15.8. The molecule has 2 N–H and O–H groups in total. The molecule has 0 saturated carbocycles. The molecule has 4 rings (SSSR count). The molecular formula is C30H37N5O5S. The van der Waals surface area contributed by atoms with E-state index < -0.39 is 21.5 Å². The number of nitrogens with two attached hydrogens (primary N) is 1. The number of anilines is 1. The van der Waals surface area contributed by atoms with E-state index in [1.807, 2.05) is 48.5 Å². The van der Waals surface area contributed by atoms with Crippen LogP contribution in [0.25, 0.3) is 21.9 Å². The molecule has 0 aliphatic heterocycles. The summed E-state index contributed by atoms with van der Waals surface area (Å²) in [6, 6.07) is 15.1. The number of amides is 1. The molecule has 41 heavy (non-hydrogen) atoms. The number of carbonyl (C=O) groups excluding carboxylic acids is 2. The number of esters is 1. The zero-order valence-electron chi connectivity index (χ0n) is 23.8. The minimum absolute atomic E-state index is 0.154. The van der Waals surface area contributed by atoms with Crippen LogP contribution in [-0.4, -0.2) is 65.4 Å². The summed E-state index contributed by atoms with van der Waals surface area (Å²) in [4.78, 5) is 35.7. The summed E-state index contributed by atoms with van der Waals surface area (Å²) in [5.74, 6) is -0.0430. The Morgan fingerprint density at radius 1 is 1.02 bits per heavy atom. The molecule has 0 bridgehead atoms. The van der Waals surface area contributed by atoms with Crippen LogP contribution in [0.5, 0.6) is 0 Å². The number of carbonyl (C=O) groups is 2. The highest BCUT2D eigenvalue weighted by Crippen LogP contribution is 2.29. The highest BCUT2D eigenvalue weighted by Gasteiger charge is 2.21. The summed E-state index contributed by atoms with van der Waals surface area (Å²) in [5.41, 5.74) is 10.3. The van der Waals surface area contributed by atoms with Gasteiger partial charge in [0.1, 0.15) is 17.1 Å². The van der Waals surface area contributed by atoms with Crippen molar-refractivity contribution in [2.75, 3.05) is 31.4 Å². The normalized spacial score (nSPS) is 11.7. The lowest BCUT2D eigenvalue weighted by molar-refractivity contribution is -0.139. The van der Waals surface area contributed by atoms with Gasteiger partial charge in [0.2, 0.25) is 5.91 Å². The fourth-order valence-electron chi connectivity index (χ4n) is 4.92. The molecule has 11 heteroatoms. The number of aryl methyl sites for hydroxylation is 2. The van der Waals surface area contributed by atoms with Crippen molar-refractivity contribution >= 4 is 49.5 Å². The number of unbranched alkanes of at least 4 members (excludes halogenated alkanes) is 1. The molecule has 0 unspecified atom stereocenters. The predicted octanol–water partition coefficient (Wildman–Crippen LogP) is 3.69. The first kappa shape index (κ1) is 30.0. The quantitative estimate of drug-likeness (QED) is 0.237. The fraction of sp³-hybridized carbons (Fsp3) is 0.400. The van der Waals surface area contributed by atoms with Gasteiger partial charge in [-0.2, -0.15) is 0 Å². The topological polar surface area (TPSA) is 137 Å². The number of benzene rings is 2. The van der Waals surface area contributed by atoms with Gasteiger partial charge in [-0.1, -0.05) is 55.8 Å². The standard InChI is InChI=1S/C30H37N5O5S/c1-4-5-11-25-33-28-29(23-9-6-7-10-24(23)32-30(28)31)35(25)17-8-16-34(26(36)20-41(3,38)39)19-22-14-12-21(13-15-22)18-27(37)40-2/h6-7,9-10,12-15H,4-5,8,11,16-20H2,1-3H3,(H2,31,32). The maximum absolute atomic E-state index is 13.1. The highest BCUT2D eigenvalue weighted by atomic mass is 32.2. The monoisotopic (exact) mass is 579 g/mol. The van der Waals surface area contributed by atoms with Crippen molar-refractivity contribution < 1.29 is 22.7 Å². The smallest absolute Gasteiger partial charge is 0.309 e. The summed E-state index contributed by atoms with van der Waals surface area (Å²) in [5, 5.41) is 0.962. The molecule has 218 valence electrons. The number of rotatable bonds is 13. The van der Waals surface area contributed by atoms with Gasteiger partial charge in [0.15, 0.2) is 15.7 Å². The van der Waals surface area contributed by atoms with E-state index in [0.29, 0.717) is 30.8 Å². The molecule has 0 fully saturated rings. The second kappa shape index (κ2) is 13.1. The van der Waals surface area contributed by atoms with E-state index in [4.69, 9.17) is 15.5 Å². The average molecular weight is 580 g/mol. The summed E-state index contributed by atoms with van der Waals surface area (Å²) >= 11 is 0. The van der Waals surface area contributed by atoms with Crippen LogP contribution in [0.1, 0.15) is 43.1 Å². The van der Waals surface area contributed by atoms with Gasteiger partial charge in [-0.15, -0.1) is 0 Å². The third-order valence-electron chi connectivity index (χ3n) is 6.96. The Hall–Kier alpha value is -3.99. The Kier molecular flexibility index (Phi) is 9.59. The van der Waals surface area contributed by atoms with Crippen LogP contribution in [0.4, 0.5) is 5.82 Å². The summed E-state index contributed by atoms with van der Waals surface area (Å²) in [6.07, 6.45) is 4.57. The Morgan fingerprint density at radius 2 is 1.73 bits per heavy atom. The van der Waals surface area contributed by atoms with E-state index in [-0.39, 0.29) is 18.9 Å². The average Bonchev–Trinajstić information content (AvgIpc) is 3.30. The Bertz CT molecular complexity index is 1650. The summed E-state index contributed by atoms with van der Waals surface area (Å²) in [6.45, 7) is 3.30. The van der Waals surface area contributed by atoms with Gasteiger partial charge >= 0.3 is 5.97 Å². The molecule has 0 spiro atoms. The van der Waals surface area contributed by atoms with Crippen molar-refractivity contribution in [2.24, 2.45) is 0 Å². The zero-order chi connectivity index (χ0) is 29.6. The third-order valence-corrected chi connectivity index (χ3v) is 7.74. The molecule has 1 amide bonds. The van der Waals surface area contributed by atoms with Gasteiger partial charge in [0.05, 0.1) is 24.6 Å². The molecule has 2 aromatic heterocycles.